The molecule has 0 saturated heterocycles. The summed E-state index contributed by atoms with van der Waals surface area (Å²) in [7, 11) is 3.99. The zero-order chi connectivity index (χ0) is 44.2. The minimum absolute atomic E-state index is 0.661. The van der Waals surface area contributed by atoms with Crippen molar-refractivity contribution in [1.29, 1.82) is 0 Å². The number of fused-ring (bicyclic) bond motifs is 4. The summed E-state index contributed by atoms with van der Waals surface area (Å²) < 4.78 is 0. The lowest BCUT2D eigenvalue weighted by atomic mass is 10.1. The van der Waals surface area contributed by atoms with Crippen molar-refractivity contribution in [3.63, 3.8) is 0 Å². The van der Waals surface area contributed by atoms with Crippen LogP contribution in [0.3, 0.4) is 0 Å². The number of rotatable bonds is 9. The first-order valence-electron chi connectivity index (χ1n) is 20.8. The highest BCUT2D eigenvalue weighted by Crippen LogP contribution is 2.35. The number of pyridine rings is 5. The molecule has 16 heteroatoms. The van der Waals surface area contributed by atoms with Gasteiger partial charge in [0.25, 0.3) is 0 Å². The van der Waals surface area contributed by atoms with E-state index in [9.17, 15) is 0 Å². The molecule has 318 valence electrons. The molecule has 11 rings (SSSR count). The predicted molar refractivity (Wildman–Crippen MR) is 264 cm³/mol. The first-order valence-corrected chi connectivity index (χ1v) is 22.8. The van der Waals surface area contributed by atoms with Crippen LogP contribution in [0, 0.1) is 0 Å². The average molecular weight is 881 g/mol. The molecule has 1 aliphatic heterocycles. The summed E-state index contributed by atoms with van der Waals surface area (Å²) in [5.74, 6) is 2.43. The van der Waals surface area contributed by atoms with Crippen molar-refractivity contribution < 1.29 is 0 Å². The van der Waals surface area contributed by atoms with Gasteiger partial charge in [-0.2, -0.15) is 21.5 Å². The van der Waals surface area contributed by atoms with Crippen LogP contribution in [0.25, 0.3) is 101 Å². The van der Waals surface area contributed by atoms with E-state index in [1.165, 1.54) is 5.57 Å². The Morgan fingerprint density at radius 2 is 1.41 bits per heavy atom. The first kappa shape index (κ1) is 41.8. The Balaban J connectivity index is 0.000000156. The van der Waals surface area contributed by atoms with Gasteiger partial charge in [-0.25, -0.2) is 19.9 Å². The molecule has 10 aromatic rings. The Labute approximate surface area is 376 Å². The van der Waals surface area contributed by atoms with Gasteiger partial charge >= 0.3 is 0 Å². The lowest BCUT2D eigenvalue weighted by Crippen LogP contribution is -2.08. The quantitative estimate of drug-likeness (QED) is 0.101. The fourth-order valence-corrected chi connectivity index (χ4v) is 8.79. The molecule has 0 bridgehead atoms. The van der Waals surface area contributed by atoms with Gasteiger partial charge in [0.05, 0.1) is 56.7 Å². The van der Waals surface area contributed by atoms with Crippen molar-refractivity contribution in [2.45, 2.75) is 27.2 Å². The van der Waals surface area contributed by atoms with Crippen LogP contribution in [0.15, 0.2) is 120 Å². The van der Waals surface area contributed by atoms with E-state index in [1.807, 2.05) is 136 Å². The molecule has 0 atom stereocenters. The van der Waals surface area contributed by atoms with Crippen LogP contribution < -0.4 is 4.90 Å². The SMILES string of the molecule is C=C/C=C\C(=C/C)c1ccc2[nH]nc(-c3nc4c(-c5ccsc5)nccc4[nH]3)c2n1.CC.CN(C)c1cncc(-c2ccc3[nH]nc(-c4nc5c(C6=CSCC6)nccc5[nH]4)c3n2)c1. The van der Waals surface area contributed by atoms with Crippen LogP contribution in [0.1, 0.15) is 38.6 Å². The van der Waals surface area contributed by atoms with Crippen molar-refractivity contribution in [2.24, 2.45) is 0 Å². The summed E-state index contributed by atoms with van der Waals surface area (Å²) in [6.07, 6.45) is 15.9. The number of thiophene rings is 1. The molecule has 64 heavy (non-hydrogen) atoms. The van der Waals surface area contributed by atoms with Crippen molar-refractivity contribution in [3.8, 4) is 45.6 Å². The number of imidazole rings is 2. The summed E-state index contributed by atoms with van der Waals surface area (Å²) in [6.45, 7) is 9.73. The number of hydrogen-bond acceptors (Lipinski definition) is 12. The van der Waals surface area contributed by atoms with E-state index in [-0.39, 0.29) is 0 Å². The Morgan fingerprint density at radius 1 is 0.734 bits per heavy atom. The zero-order valence-electron chi connectivity index (χ0n) is 35.9. The first-order chi connectivity index (χ1) is 31.4. The van der Waals surface area contributed by atoms with Gasteiger partial charge in [-0.3, -0.25) is 25.1 Å². The second-order valence-corrected chi connectivity index (χ2v) is 16.3. The molecule has 0 aromatic carbocycles. The molecular formula is C48H44N14S2. The maximum atomic E-state index is 4.91. The van der Waals surface area contributed by atoms with E-state index in [2.05, 4.69) is 68.7 Å². The Hall–Kier alpha value is -7.56. The van der Waals surface area contributed by atoms with E-state index in [1.54, 1.807) is 23.6 Å². The Morgan fingerprint density at radius 3 is 2.05 bits per heavy atom. The number of allylic oxidation sites excluding steroid dienone is 6. The van der Waals surface area contributed by atoms with Crippen molar-refractivity contribution in [1.82, 2.24) is 65.3 Å². The smallest absolute Gasteiger partial charge is 0.161 e. The highest BCUT2D eigenvalue weighted by Gasteiger charge is 2.20. The average Bonchev–Trinajstić information content (AvgIpc) is 4.20. The molecular weight excluding hydrogens is 837 g/mol. The monoisotopic (exact) mass is 880 g/mol. The van der Waals surface area contributed by atoms with Crippen LogP contribution in [-0.4, -0.2) is 85.1 Å². The van der Waals surface area contributed by atoms with E-state index in [0.29, 0.717) is 23.0 Å². The number of anilines is 1. The van der Waals surface area contributed by atoms with Gasteiger partial charge in [0.1, 0.15) is 22.1 Å². The third-order valence-electron chi connectivity index (χ3n) is 10.4. The molecule has 0 radical (unpaired) electrons. The van der Waals surface area contributed by atoms with Crippen molar-refractivity contribution >= 4 is 84.1 Å². The standard InChI is InChI=1S/C23H20N8S.C23H18N6S.C2H6/c1-31(2)15-9-14(10-24-11-15)16-3-4-18-21(26-16)22(30-29-18)23-27-17-5-7-25-19(20(17)28-23)13-6-8-32-12-13;1-3-5-6-14(4-2)16-7-8-18-21(25-16)22(29-28-18)23-26-17-9-11-24-19(20(17)27-23)15-10-12-30-13-15;1-2/h3-5,7,9-12H,6,8H2,1-2H3,(H,27,28)(H,29,30);3-13H,1H2,2H3,(H,26,27)(H,28,29);1-2H3/b;6-5-,14-4+;. The second-order valence-electron chi connectivity index (χ2n) is 14.6. The second kappa shape index (κ2) is 18.4. The van der Waals surface area contributed by atoms with Gasteiger partial charge in [0, 0.05) is 54.9 Å². The molecule has 1 aliphatic rings. The van der Waals surface area contributed by atoms with Crippen LogP contribution in [0.5, 0.6) is 0 Å². The number of aromatic nitrogens is 13. The van der Waals surface area contributed by atoms with E-state index < -0.39 is 0 Å². The number of nitrogens with one attached hydrogen (secondary N) is 4. The minimum Gasteiger partial charge on any atom is -0.376 e. The summed E-state index contributed by atoms with van der Waals surface area (Å²) >= 11 is 3.46. The van der Waals surface area contributed by atoms with Gasteiger partial charge in [-0.15, -0.1) is 11.8 Å². The van der Waals surface area contributed by atoms with E-state index >= 15 is 0 Å². The highest BCUT2D eigenvalue weighted by atomic mass is 32.2. The Kier molecular flexibility index (Phi) is 12.0. The topological polar surface area (TPSA) is 182 Å². The van der Waals surface area contributed by atoms with Gasteiger partial charge in [-0.05, 0) is 83.8 Å². The third-order valence-corrected chi connectivity index (χ3v) is 12.0. The maximum Gasteiger partial charge on any atom is 0.161 e. The van der Waals surface area contributed by atoms with Crippen LogP contribution in [0.2, 0.25) is 0 Å². The lowest BCUT2D eigenvalue weighted by Gasteiger charge is -2.12. The maximum absolute atomic E-state index is 4.91. The van der Waals surface area contributed by atoms with Gasteiger partial charge < -0.3 is 14.9 Å². The summed E-state index contributed by atoms with van der Waals surface area (Å²) in [5.41, 5.74) is 16.9. The van der Waals surface area contributed by atoms with Gasteiger partial charge in [0.2, 0.25) is 0 Å². The highest BCUT2D eigenvalue weighted by molar-refractivity contribution is 8.02. The zero-order valence-corrected chi connectivity index (χ0v) is 37.5. The normalized spacial score (nSPS) is 12.8. The number of hydrogen-bond donors (Lipinski definition) is 4. The number of aromatic amines is 4. The number of thioether (sulfide) groups is 1. The van der Waals surface area contributed by atoms with E-state index in [4.69, 9.17) is 19.9 Å². The molecule has 0 fully saturated rings. The van der Waals surface area contributed by atoms with Crippen LogP contribution in [-0.2, 0) is 0 Å². The molecule has 4 N–H and O–H groups in total. The summed E-state index contributed by atoms with van der Waals surface area (Å²) in [4.78, 5) is 41.8. The fourth-order valence-electron chi connectivity index (χ4n) is 7.27. The largest absolute Gasteiger partial charge is 0.376 e. The van der Waals surface area contributed by atoms with Crippen LogP contribution >= 0.6 is 23.1 Å². The molecule has 11 heterocycles. The third kappa shape index (κ3) is 8.11. The molecule has 0 amide bonds. The fraction of sp³-hybridized carbons (Fsp3) is 0.146. The predicted octanol–water partition coefficient (Wildman–Crippen LogP) is 11.3. The van der Waals surface area contributed by atoms with Crippen molar-refractivity contribution in [3.05, 3.63) is 132 Å². The van der Waals surface area contributed by atoms with Gasteiger partial charge in [0.15, 0.2) is 23.0 Å². The summed E-state index contributed by atoms with van der Waals surface area (Å²) in [6, 6.07) is 15.9. The number of H-pyrrole nitrogens is 4. The van der Waals surface area contributed by atoms with E-state index in [0.717, 1.165) is 101 Å². The summed E-state index contributed by atoms with van der Waals surface area (Å²) in [5, 5.41) is 21.4. The Bertz CT molecular complexity index is 3360. The number of nitrogens with zero attached hydrogens (tertiary/aromatic N) is 10. The molecule has 0 spiro atoms. The molecule has 10 aromatic heterocycles. The molecule has 0 unspecified atom stereocenters. The van der Waals surface area contributed by atoms with Gasteiger partial charge in [-0.1, -0.05) is 44.7 Å². The minimum atomic E-state index is 0.661. The van der Waals surface area contributed by atoms with Crippen molar-refractivity contribution in [2.75, 3.05) is 24.7 Å². The molecule has 0 saturated carbocycles. The van der Waals surface area contributed by atoms with Crippen LogP contribution in [0.4, 0.5) is 5.69 Å². The lowest BCUT2D eigenvalue weighted by molar-refractivity contribution is 1.10. The molecule has 14 nitrogen and oxygen atoms in total. The molecule has 0 aliphatic carbocycles.